The first-order chi connectivity index (χ1) is 8.47. The first kappa shape index (κ1) is 17.4. The van der Waals surface area contributed by atoms with Crippen LogP contribution >= 0.6 is 0 Å². The summed E-state index contributed by atoms with van der Waals surface area (Å²) >= 11 is 0. The number of hydrogen-bond donors (Lipinski definition) is 1. The van der Waals surface area contributed by atoms with Crippen molar-refractivity contribution in [2.45, 2.75) is 58.4 Å². The van der Waals surface area contributed by atoms with E-state index in [-0.39, 0.29) is 5.97 Å². The maximum Gasteiger partial charge on any atom is 0.325 e. The molecule has 0 aliphatic heterocycles. The number of rotatable bonds is 10. The lowest BCUT2D eigenvalue weighted by atomic mass is 9.99. The molecule has 0 radical (unpaired) electrons. The fourth-order valence-corrected chi connectivity index (χ4v) is 1.82. The zero-order chi connectivity index (χ0) is 14.0. The number of nitrogens with zero attached hydrogens (tertiary/aromatic N) is 1. The molecule has 2 N–H and O–H groups in total. The van der Waals surface area contributed by atoms with Gasteiger partial charge in [0.15, 0.2) is 0 Å². The van der Waals surface area contributed by atoms with Gasteiger partial charge in [-0.1, -0.05) is 26.7 Å². The summed E-state index contributed by atoms with van der Waals surface area (Å²) in [7, 11) is 1.39. The fourth-order valence-electron chi connectivity index (χ4n) is 1.82. The highest BCUT2D eigenvalue weighted by Gasteiger charge is 2.29. The summed E-state index contributed by atoms with van der Waals surface area (Å²) in [5, 5.41) is 0. The Bertz CT molecular complexity index is 222. The van der Waals surface area contributed by atoms with E-state index in [0.717, 1.165) is 19.6 Å². The van der Waals surface area contributed by atoms with Crippen molar-refractivity contribution in [2.75, 3.05) is 26.7 Å². The molecule has 18 heavy (non-hydrogen) atoms. The summed E-state index contributed by atoms with van der Waals surface area (Å²) in [4.78, 5) is 13.9. The molecule has 0 aliphatic rings. The first-order valence-electron chi connectivity index (χ1n) is 7.07. The van der Waals surface area contributed by atoms with E-state index in [1.165, 1.54) is 32.8 Å². The number of methoxy groups -OCH3 is 1. The molecule has 0 aromatic carbocycles. The molecule has 1 atom stereocenters. The molecule has 4 heteroatoms. The number of nitrogens with two attached hydrogens (primary N) is 1. The van der Waals surface area contributed by atoms with Crippen LogP contribution in [0.5, 0.6) is 0 Å². The molecule has 0 amide bonds. The third-order valence-corrected chi connectivity index (χ3v) is 3.25. The monoisotopic (exact) mass is 258 g/mol. The topological polar surface area (TPSA) is 55.6 Å². The van der Waals surface area contributed by atoms with Crippen molar-refractivity contribution in [3.05, 3.63) is 0 Å². The number of carbonyl (C=O) groups excluding carboxylic acids is 1. The zero-order valence-electron chi connectivity index (χ0n) is 12.5. The van der Waals surface area contributed by atoms with Crippen LogP contribution in [0.4, 0.5) is 0 Å². The second-order valence-electron chi connectivity index (χ2n) is 5.21. The van der Waals surface area contributed by atoms with Gasteiger partial charge < -0.3 is 15.4 Å². The normalized spacial score (nSPS) is 14.6. The standard InChI is InChI=1S/C14H30N2O2/c1-5-7-10-16(11-8-6-2)12-9-14(3,15)13(17)18-4/h5-12,15H2,1-4H3. The van der Waals surface area contributed by atoms with E-state index >= 15 is 0 Å². The molecule has 4 nitrogen and oxygen atoms in total. The number of unbranched alkanes of at least 4 members (excludes halogenated alkanes) is 2. The summed E-state index contributed by atoms with van der Waals surface area (Å²) in [5.74, 6) is -0.326. The molecule has 0 rings (SSSR count). The zero-order valence-corrected chi connectivity index (χ0v) is 12.5. The van der Waals surface area contributed by atoms with Gasteiger partial charge in [0.25, 0.3) is 0 Å². The predicted octanol–water partition coefficient (Wildman–Crippen LogP) is 2.17. The van der Waals surface area contributed by atoms with Gasteiger partial charge in [0, 0.05) is 6.54 Å². The molecular formula is C14H30N2O2. The minimum absolute atomic E-state index is 0.326. The van der Waals surface area contributed by atoms with Crippen LogP contribution in [0.1, 0.15) is 52.9 Å². The Labute approximate surface area is 112 Å². The SMILES string of the molecule is CCCCN(CCCC)CCC(C)(N)C(=O)OC. The highest BCUT2D eigenvalue weighted by Crippen LogP contribution is 2.10. The van der Waals surface area contributed by atoms with Gasteiger partial charge in [0.1, 0.15) is 5.54 Å². The maximum absolute atomic E-state index is 11.5. The molecular weight excluding hydrogens is 228 g/mol. The average Bonchev–Trinajstić information content (AvgIpc) is 2.36. The Balaban J connectivity index is 4.18. The quantitative estimate of drug-likeness (QED) is 0.610. The molecule has 0 heterocycles. The second kappa shape index (κ2) is 9.34. The summed E-state index contributed by atoms with van der Waals surface area (Å²) < 4.78 is 4.73. The molecule has 0 saturated heterocycles. The van der Waals surface area contributed by atoms with Crippen LogP contribution in [-0.2, 0) is 9.53 Å². The van der Waals surface area contributed by atoms with Crippen LogP contribution in [-0.4, -0.2) is 43.2 Å². The van der Waals surface area contributed by atoms with Crippen molar-refractivity contribution < 1.29 is 9.53 Å². The van der Waals surface area contributed by atoms with Gasteiger partial charge in [-0.05, 0) is 39.3 Å². The van der Waals surface area contributed by atoms with Crippen molar-refractivity contribution in [3.8, 4) is 0 Å². The molecule has 0 bridgehead atoms. The summed E-state index contributed by atoms with van der Waals surface area (Å²) in [6.07, 6.45) is 5.43. The van der Waals surface area contributed by atoms with Crippen LogP contribution in [0.15, 0.2) is 0 Å². The molecule has 0 aliphatic carbocycles. The van der Waals surface area contributed by atoms with E-state index in [1.807, 2.05) is 0 Å². The van der Waals surface area contributed by atoms with E-state index in [0.29, 0.717) is 6.42 Å². The molecule has 1 unspecified atom stereocenters. The van der Waals surface area contributed by atoms with Gasteiger partial charge >= 0.3 is 5.97 Å². The lowest BCUT2D eigenvalue weighted by Crippen LogP contribution is -2.48. The molecule has 108 valence electrons. The highest BCUT2D eigenvalue weighted by molar-refractivity contribution is 5.79. The number of carbonyl (C=O) groups is 1. The van der Waals surface area contributed by atoms with Crippen LogP contribution in [0.3, 0.4) is 0 Å². The van der Waals surface area contributed by atoms with Crippen molar-refractivity contribution in [3.63, 3.8) is 0 Å². The number of esters is 1. The molecule has 0 spiro atoms. The van der Waals surface area contributed by atoms with Gasteiger partial charge in [-0.15, -0.1) is 0 Å². The van der Waals surface area contributed by atoms with Crippen molar-refractivity contribution in [1.29, 1.82) is 0 Å². The van der Waals surface area contributed by atoms with Gasteiger partial charge in [-0.25, -0.2) is 0 Å². The summed E-state index contributed by atoms with van der Waals surface area (Å²) in [6.45, 7) is 9.18. The Morgan fingerprint density at radius 1 is 1.17 bits per heavy atom. The third kappa shape index (κ3) is 6.97. The van der Waals surface area contributed by atoms with Crippen LogP contribution in [0.25, 0.3) is 0 Å². The van der Waals surface area contributed by atoms with Crippen molar-refractivity contribution in [2.24, 2.45) is 5.73 Å². The Kier molecular flexibility index (Phi) is 9.02. The van der Waals surface area contributed by atoms with Crippen molar-refractivity contribution in [1.82, 2.24) is 4.90 Å². The predicted molar refractivity (Wildman–Crippen MR) is 75.5 cm³/mol. The van der Waals surface area contributed by atoms with E-state index in [9.17, 15) is 4.79 Å². The smallest absolute Gasteiger partial charge is 0.325 e. The first-order valence-corrected chi connectivity index (χ1v) is 7.07. The Morgan fingerprint density at radius 3 is 2.06 bits per heavy atom. The van der Waals surface area contributed by atoms with Crippen LogP contribution in [0.2, 0.25) is 0 Å². The lowest BCUT2D eigenvalue weighted by molar-refractivity contribution is -0.146. The van der Waals surface area contributed by atoms with E-state index in [1.54, 1.807) is 6.92 Å². The molecule has 0 aromatic rings. The molecule has 0 fully saturated rings. The van der Waals surface area contributed by atoms with Crippen molar-refractivity contribution >= 4 is 5.97 Å². The Hall–Kier alpha value is -0.610. The van der Waals surface area contributed by atoms with E-state index in [2.05, 4.69) is 18.7 Å². The Morgan fingerprint density at radius 2 is 1.67 bits per heavy atom. The minimum atomic E-state index is -0.870. The van der Waals surface area contributed by atoms with Gasteiger partial charge in [0.05, 0.1) is 7.11 Å². The minimum Gasteiger partial charge on any atom is -0.468 e. The fraction of sp³-hybridized carbons (Fsp3) is 0.929. The third-order valence-electron chi connectivity index (χ3n) is 3.25. The average molecular weight is 258 g/mol. The lowest BCUT2D eigenvalue weighted by Gasteiger charge is -2.27. The van der Waals surface area contributed by atoms with Gasteiger partial charge in [0.2, 0.25) is 0 Å². The molecule has 0 aromatic heterocycles. The second-order valence-corrected chi connectivity index (χ2v) is 5.21. The van der Waals surface area contributed by atoms with E-state index in [4.69, 9.17) is 10.5 Å². The van der Waals surface area contributed by atoms with Gasteiger partial charge in [-0.3, -0.25) is 4.79 Å². The maximum atomic E-state index is 11.5. The number of ether oxygens (including phenoxy) is 1. The molecule has 0 saturated carbocycles. The summed E-state index contributed by atoms with van der Waals surface area (Å²) in [5.41, 5.74) is 5.11. The van der Waals surface area contributed by atoms with E-state index < -0.39 is 5.54 Å². The summed E-state index contributed by atoms with van der Waals surface area (Å²) in [6, 6.07) is 0. The van der Waals surface area contributed by atoms with Crippen LogP contribution < -0.4 is 5.73 Å². The van der Waals surface area contributed by atoms with Crippen LogP contribution in [0, 0.1) is 0 Å². The van der Waals surface area contributed by atoms with Gasteiger partial charge in [-0.2, -0.15) is 0 Å². The highest BCUT2D eigenvalue weighted by atomic mass is 16.5. The number of hydrogen-bond acceptors (Lipinski definition) is 4. The largest absolute Gasteiger partial charge is 0.468 e.